The smallest absolute Gasteiger partial charge is 0.314 e. The summed E-state index contributed by atoms with van der Waals surface area (Å²) in [5.74, 6) is -0.182. The van der Waals surface area contributed by atoms with Crippen LogP contribution in [0.1, 0.15) is 5.56 Å². The molecule has 0 radical (unpaired) electrons. The molecule has 6 heteroatoms. The highest BCUT2D eigenvalue weighted by Crippen LogP contribution is 2.34. The lowest BCUT2D eigenvalue weighted by Crippen LogP contribution is -1.96. The molecule has 2 aromatic rings. The average Bonchev–Trinajstić information content (AvgIpc) is 2.33. The SMILES string of the molecule is Cc1cc(Oc2cccc(Br)c2)c([N+](=O)[O-])cc1F. The average molecular weight is 326 g/mol. The van der Waals surface area contributed by atoms with E-state index in [4.69, 9.17) is 4.74 Å². The minimum Gasteiger partial charge on any atom is -0.450 e. The third kappa shape index (κ3) is 3.08. The van der Waals surface area contributed by atoms with Crippen LogP contribution in [0.25, 0.3) is 0 Å². The Kier molecular flexibility index (Phi) is 3.80. The second-order valence-corrected chi connectivity index (χ2v) is 4.80. The van der Waals surface area contributed by atoms with Crippen molar-refractivity contribution in [3.05, 3.63) is 62.4 Å². The van der Waals surface area contributed by atoms with Crippen molar-refractivity contribution in [3.63, 3.8) is 0 Å². The van der Waals surface area contributed by atoms with Gasteiger partial charge in [0.25, 0.3) is 0 Å². The van der Waals surface area contributed by atoms with E-state index in [0.29, 0.717) is 5.75 Å². The molecule has 0 amide bonds. The molecule has 0 bridgehead atoms. The molecule has 4 nitrogen and oxygen atoms in total. The molecule has 0 aliphatic heterocycles. The van der Waals surface area contributed by atoms with Crippen molar-refractivity contribution in [2.75, 3.05) is 0 Å². The number of ether oxygens (including phenoxy) is 1. The van der Waals surface area contributed by atoms with Crippen molar-refractivity contribution in [1.29, 1.82) is 0 Å². The molecule has 0 spiro atoms. The molecule has 0 aromatic heterocycles. The van der Waals surface area contributed by atoms with E-state index in [2.05, 4.69) is 15.9 Å². The number of hydrogen-bond acceptors (Lipinski definition) is 3. The normalized spacial score (nSPS) is 10.3. The molecular formula is C13H9BrFNO3. The van der Waals surface area contributed by atoms with Crippen LogP contribution in [0, 0.1) is 22.9 Å². The summed E-state index contributed by atoms with van der Waals surface area (Å²) < 4.78 is 19.6. The number of hydrogen-bond donors (Lipinski definition) is 0. The maximum absolute atomic E-state index is 13.4. The first-order valence-electron chi connectivity index (χ1n) is 5.35. The van der Waals surface area contributed by atoms with E-state index in [1.807, 2.05) is 0 Å². The fourth-order valence-corrected chi connectivity index (χ4v) is 1.90. The molecule has 0 unspecified atom stereocenters. The van der Waals surface area contributed by atoms with Gasteiger partial charge in [-0.2, -0.15) is 0 Å². The Morgan fingerprint density at radius 2 is 2.05 bits per heavy atom. The molecule has 0 atom stereocenters. The van der Waals surface area contributed by atoms with Gasteiger partial charge in [0, 0.05) is 4.47 Å². The molecule has 0 heterocycles. The van der Waals surface area contributed by atoms with Crippen LogP contribution in [0.2, 0.25) is 0 Å². The molecule has 0 aliphatic carbocycles. The predicted molar refractivity (Wildman–Crippen MR) is 72.0 cm³/mol. The van der Waals surface area contributed by atoms with Crippen molar-refractivity contribution in [2.24, 2.45) is 0 Å². The van der Waals surface area contributed by atoms with E-state index in [1.165, 1.54) is 13.0 Å². The van der Waals surface area contributed by atoms with Crippen LogP contribution in [0.3, 0.4) is 0 Å². The van der Waals surface area contributed by atoms with E-state index in [0.717, 1.165) is 10.5 Å². The van der Waals surface area contributed by atoms with Crippen LogP contribution in [0.5, 0.6) is 11.5 Å². The standard InChI is InChI=1S/C13H9BrFNO3/c1-8-5-13(12(16(17)18)7-11(8)15)19-10-4-2-3-9(14)6-10/h2-7H,1H3. The van der Waals surface area contributed by atoms with Gasteiger partial charge in [-0.05, 0) is 36.8 Å². The number of nitro benzene ring substituents is 1. The Bertz CT molecular complexity index is 646. The maximum Gasteiger partial charge on any atom is 0.314 e. The van der Waals surface area contributed by atoms with E-state index in [1.54, 1.807) is 24.3 Å². The number of nitrogens with zero attached hydrogens (tertiary/aromatic N) is 1. The largest absolute Gasteiger partial charge is 0.450 e. The van der Waals surface area contributed by atoms with E-state index >= 15 is 0 Å². The van der Waals surface area contributed by atoms with Gasteiger partial charge < -0.3 is 4.74 Å². The summed E-state index contributed by atoms with van der Waals surface area (Å²) in [5.41, 5.74) is -0.112. The summed E-state index contributed by atoms with van der Waals surface area (Å²) in [4.78, 5) is 10.2. The number of benzene rings is 2. The molecular weight excluding hydrogens is 317 g/mol. The maximum atomic E-state index is 13.4. The highest BCUT2D eigenvalue weighted by molar-refractivity contribution is 9.10. The van der Waals surface area contributed by atoms with Gasteiger partial charge in [0.05, 0.1) is 11.0 Å². The zero-order chi connectivity index (χ0) is 14.0. The third-order valence-electron chi connectivity index (χ3n) is 2.46. The first-order valence-corrected chi connectivity index (χ1v) is 6.14. The summed E-state index contributed by atoms with van der Waals surface area (Å²) in [6.07, 6.45) is 0. The van der Waals surface area contributed by atoms with Gasteiger partial charge in [0.2, 0.25) is 5.75 Å². The van der Waals surface area contributed by atoms with Crippen molar-refractivity contribution in [3.8, 4) is 11.5 Å². The van der Waals surface area contributed by atoms with Gasteiger partial charge in [0.15, 0.2) is 0 Å². The first-order chi connectivity index (χ1) is 8.97. The Morgan fingerprint density at radius 1 is 1.32 bits per heavy atom. The molecule has 19 heavy (non-hydrogen) atoms. The number of aryl methyl sites for hydroxylation is 1. The zero-order valence-electron chi connectivity index (χ0n) is 9.89. The molecule has 0 aliphatic rings. The van der Waals surface area contributed by atoms with E-state index in [-0.39, 0.29) is 11.3 Å². The van der Waals surface area contributed by atoms with Gasteiger partial charge in [-0.25, -0.2) is 4.39 Å². The summed E-state index contributed by atoms with van der Waals surface area (Å²) in [5, 5.41) is 10.9. The van der Waals surface area contributed by atoms with Gasteiger partial charge in [-0.15, -0.1) is 0 Å². The quantitative estimate of drug-likeness (QED) is 0.612. The van der Waals surface area contributed by atoms with Crippen LogP contribution >= 0.6 is 15.9 Å². The van der Waals surface area contributed by atoms with E-state index in [9.17, 15) is 14.5 Å². The number of nitro groups is 1. The van der Waals surface area contributed by atoms with Crippen molar-refractivity contribution < 1.29 is 14.1 Å². The van der Waals surface area contributed by atoms with Crippen LogP contribution in [0.15, 0.2) is 40.9 Å². The first kappa shape index (κ1) is 13.5. The topological polar surface area (TPSA) is 52.4 Å². The molecule has 98 valence electrons. The Hall–Kier alpha value is -1.95. The van der Waals surface area contributed by atoms with Gasteiger partial charge in [0.1, 0.15) is 11.6 Å². The van der Waals surface area contributed by atoms with Gasteiger partial charge >= 0.3 is 5.69 Å². The monoisotopic (exact) mass is 325 g/mol. The van der Waals surface area contributed by atoms with Crippen LogP contribution in [-0.4, -0.2) is 4.92 Å². The van der Waals surface area contributed by atoms with Crippen LogP contribution < -0.4 is 4.74 Å². The highest BCUT2D eigenvalue weighted by atomic mass is 79.9. The molecule has 0 fully saturated rings. The Balaban J connectivity index is 2.44. The molecule has 2 rings (SSSR count). The lowest BCUT2D eigenvalue weighted by molar-refractivity contribution is -0.385. The van der Waals surface area contributed by atoms with Crippen molar-refractivity contribution in [2.45, 2.75) is 6.92 Å². The zero-order valence-corrected chi connectivity index (χ0v) is 11.5. The predicted octanol–water partition coefficient (Wildman–Crippen LogP) is 4.60. The summed E-state index contributed by atoms with van der Waals surface area (Å²) in [7, 11) is 0. The summed E-state index contributed by atoms with van der Waals surface area (Å²) in [6.45, 7) is 1.52. The lowest BCUT2D eigenvalue weighted by atomic mass is 10.2. The molecule has 0 saturated heterocycles. The molecule has 0 N–H and O–H groups in total. The van der Waals surface area contributed by atoms with Gasteiger partial charge in [-0.1, -0.05) is 22.0 Å². The molecule has 2 aromatic carbocycles. The van der Waals surface area contributed by atoms with E-state index < -0.39 is 16.4 Å². The summed E-state index contributed by atoms with van der Waals surface area (Å²) >= 11 is 3.28. The number of rotatable bonds is 3. The van der Waals surface area contributed by atoms with Crippen LogP contribution in [0.4, 0.5) is 10.1 Å². The number of halogens is 2. The Labute approximate surface area is 117 Å². The summed E-state index contributed by atoms with van der Waals surface area (Å²) in [6, 6.07) is 9.05. The van der Waals surface area contributed by atoms with Crippen molar-refractivity contribution in [1.82, 2.24) is 0 Å². The molecule has 0 saturated carbocycles. The van der Waals surface area contributed by atoms with Gasteiger partial charge in [-0.3, -0.25) is 10.1 Å². The minimum absolute atomic E-state index is 0.0157. The lowest BCUT2D eigenvalue weighted by Gasteiger charge is -2.08. The fourth-order valence-electron chi connectivity index (χ4n) is 1.53. The van der Waals surface area contributed by atoms with Crippen molar-refractivity contribution >= 4 is 21.6 Å². The fraction of sp³-hybridized carbons (Fsp3) is 0.0769. The van der Waals surface area contributed by atoms with Crippen LogP contribution in [-0.2, 0) is 0 Å². The second-order valence-electron chi connectivity index (χ2n) is 3.89. The highest BCUT2D eigenvalue weighted by Gasteiger charge is 2.19. The third-order valence-corrected chi connectivity index (χ3v) is 2.95. The Morgan fingerprint density at radius 3 is 2.68 bits per heavy atom. The minimum atomic E-state index is -0.671. The second kappa shape index (κ2) is 5.36.